The first-order valence-electron chi connectivity index (χ1n) is 6.17. The summed E-state index contributed by atoms with van der Waals surface area (Å²) in [5, 5.41) is 3.00. The third-order valence-electron chi connectivity index (χ3n) is 3.02. The number of oxazole rings is 1. The fourth-order valence-electron chi connectivity index (χ4n) is 1.77. The number of nitrogens with zero attached hydrogens (tertiary/aromatic N) is 1. The van der Waals surface area contributed by atoms with Crippen molar-refractivity contribution in [1.29, 1.82) is 0 Å². The zero-order valence-corrected chi connectivity index (χ0v) is 12.4. The maximum absolute atomic E-state index is 13.9. The highest BCUT2D eigenvalue weighted by molar-refractivity contribution is 7.94. The molecule has 0 aliphatic carbocycles. The highest BCUT2D eigenvalue weighted by atomic mass is 32.2. The van der Waals surface area contributed by atoms with Crippen molar-refractivity contribution in [3.05, 3.63) is 40.5 Å². The molecule has 0 spiro atoms. The molecule has 1 aromatic heterocycles. The summed E-state index contributed by atoms with van der Waals surface area (Å²) in [7, 11) is -2.09. The van der Waals surface area contributed by atoms with Gasteiger partial charge >= 0.3 is 5.76 Å². The van der Waals surface area contributed by atoms with Gasteiger partial charge in [-0.05, 0) is 0 Å². The number of fused-ring (bicyclic) bond motifs is 1. The van der Waals surface area contributed by atoms with Crippen LogP contribution in [0.1, 0.15) is 6.42 Å². The molecule has 7 nitrogen and oxygen atoms in total. The normalized spacial score (nSPS) is 11.5. The first-order chi connectivity index (χ1) is 10.2. The smallest absolute Gasteiger partial charge is 0.408 e. The molecule has 2 rings (SSSR count). The maximum atomic E-state index is 13.9. The van der Waals surface area contributed by atoms with Crippen molar-refractivity contribution in [2.24, 2.45) is 7.05 Å². The van der Waals surface area contributed by atoms with E-state index in [4.69, 9.17) is 4.42 Å². The number of nitrogens with one attached hydrogen (secondary N) is 1. The van der Waals surface area contributed by atoms with E-state index in [1.165, 1.54) is 13.1 Å². The summed E-state index contributed by atoms with van der Waals surface area (Å²) in [5.74, 6) is -2.52. The van der Waals surface area contributed by atoms with Crippen LogP contribution >= 0.6 is 0 Å². The summed E-state index contributed by atoms with van der Waals surface area (Å²) >= 11 is 0. The number of carbonyl (C=O) groups is 1. The Morgan fingerprint density at radius 2 is 2.18 bits per heavy atom. The Morgan fingerprint density at radius 3 is 2.82 bits per heavy atom. The Labute approximate surface area is 125 Å². The summed E-state index contributed by atoms with van der Waals surface area (Å²) < 4.78 is 42.3. The lowest BCUT2D eigenvalue weighted by Gasteiger charge is -2.06. The molecule has 118 valence electrons. The number of aromatic nitrogens is 1. The molecular formula is C13H13FN2O5S. The summed E-state index contributed by atoms with van der Waals surface area (Å²) in [4.78, 5) is 23.0. The van der Waals surface area contributed by atoms with Gasteiger partial charge in [-0.25, -0.2) is 17.6 Å². The Kier molecular flexibility index (Phi) is 4.18. The van der Waals surface area contributed by atoms with Crippen molar-refractivity contribution in [3.63, 3.8) is 0 Å². The van der Waals surface area contributed by atoms with Crippen molar-refractivity contribution >= 4 is 32.5 Å². The summed E-state index contributed by atoms with van der Waals surface area (Å²) in [5.41, 5.74) is 0.167. The van der Waals surface area contributed by atoms with E-state index >= 15 is 0 Å². The fraction of sp³-hybridized carbons (Fsp3) is 0.231. The minimum absolute atomic E-state index is 0.114. The summed E-state index contributed by atoms with van der Waals surface area (Å²) in [6, 6.07) is 2.22. The van der Waals surface area contributed by atoms with Crippen LogP contribution in [0.4, 0.5) is 10.1 Å². The van der Waals surface area contributed by atoms with Crippen LogP contribution in [0.3, 0.4) is 0 Å². The van der Waals surface area contributed by atoms with E-state index in [9.17, 15) is 22.4 Å². The maximum Gasteiger partial charge on any atom is 0.419 e. The van der Waals surface area contributed by atoms with Crippen molar-refractivity contribution < 1.29 is 22.0 Å². The predicted octanol–water partition coefficient (Wildman–Crippen LogP) is 1.16. The van der Waals surface area contributed by atoms with Gasteiger partial charge in [0.05, 0.1) is 17.0 Å². The van der Waals surface area contributed by atoms with E-state index in [2.05, 4.69) is 11.9 Å². The van der Waals surface area contributed by atoms with Gasteiger partial charge in [0.1, 0.15) is 5.82 Å². The molecule has 0 saturated heterocycles. The number of rotatable bonds is 5. The standard InChI is InChI=1S/C13H13FN2O5S/c1-3-22(19,20)5-4-12(17)15-9-7-11-10(6-8(9)14)16(2)13(18)21-11/h3,6-7H,1,4-5H2,2H3,(H,15,17). The Bertz CT molecular complexity index is 910. The van der Waals surface area contributed by atoms with Crippen LogP contribution in [0.15, 0.2) is 33.3 Å². The monoisotopic (exact) mass is 328 g/mol. The average molecular weight is 328 g/mol. The molecule has 0 atom stereocenters. The SMILES string of the molecule is C=CS(=O)(=O)CCC(=O)Nc1cc2oc(=O)n(C)c2cc1F. The molecule has 0 unspecified atom stereocenters. The second-order valence-corrected chi connectivity index (χ2v) is 6.63. The van der Waals surface area contributed by atoms with Gasteiger partial charge < -0.3 is 9.73 Å². The largest absolute Gasteiger partial charge is 0.419 e. The molecule has 0 fully saturated rings. The van der Waals surface area contributed by atoms with Gasteiger partial charge in [-0.15, -0.1) is 0 Å². The fourth-order valence-corrected chi connectivity index (χ4v) is 2.41. The lowest BCUT2D eigenvalue weighted by Crippen LogP contribution is -2.17. The third-order valence-corrected chi connectivity index (χ3v) is 4.30. The quantitative estimate of drug-likeness (QED) is 0.888. The van der Waals surface area contributed by atoms with Crippen molar-refractivity contribution in [1.82, 2.24) is 4.57 Å². The van der Waals surface area contributed by atoms with Crippen LogP contribution in [-0.4, -0.2) is 24.6 Å². The number of hydrogen-bond acceptors (Lipinski definition) is 5. The molecule has 0 aliphatic rings. The number of hydrogen-bond donors (Lipinski definition) is 1. The highest BCUT2D eigenvalue weighted by Gasteiger charge is 2.15. The molecule has 22 heavy (non-hydrogen) atoms. The highest BCUT2D eigenvalue weighted by Crippen LogP contribution is 2.22. The second kappa shape index (κ2) is 5.76. The molecule has 1 aromatic carbocycles. The lowest BCUT2D eigenvalue weighted by molar-refractivity contribution is -0.115. The number of halogens is 1. The number of sulfone groups is 1. The van der Waals surface area contributed by atoms with Gasteiger partial charge in [0.25, 0.3) is 0 Å². The Hall–Kier alpha value is -2.42. The molecule has 0 saturated carbocycles. The van der Waals surface area contributed by atoms with Crippen LogP contribution < -0.4 is 11.1 Å². The molecule has 2 aromatic rings. The minimum Gasteiger partial charge on any atom is -0.408 e. The van der Waals surface area contributed by atoms with Gasteiger partial charge in [0.2, 0.25) is 5.91 Å². The number of carbonyl (C=O) groups excluding carboxylic acids is 1. The number of anilines is 1. The summed E-state index contributed by atoms with van der Waals surface area (Å²) in [6.45, 7) is 3.13. The third kappa shape index (κ3) is 3.25. The molecule has 9 heteroatoms. The zero-order chi connectivity index (χ0) is 16.5. The van der Waals surface area contributed by atoms with E-state index in [0.717, 1.165) is 16.0 Å². The first-order valence-corrected chi connectivity index (χ1v) is 7.89. The van der Waals surface area contributed by atoms with E-state index < -0.39 is 33.1 Å². The van der Waals surface area contributed by atoms with Crippen molar-refractivity contribution in [2.45, 2.75) is 6.42 Å². The second-order valence-electron chi connectivity index (χ2n) is 4.56. The van der Waals surface area contributed by atoms with E-state index in [-0.39, 0.29) is 23.2 Å². The molecule has 0 radical (unpaired) electrons. The predicted molar refractivity (Wildman–Crippen MR) is 78.6 cm³/mol. The molecule has 0 bridgehead atoms. The first kappa shape index (κ1) is 16.0. The van der Waals surface area contributed by atoms with Crippen LogP contribution in [0.2, 0.25) is 0 Å². The topological polar surface area (TPSA) is 98.4 Å². The number of benzene rings is 1. The van der Waals surface area contributed by atoms with Gasteiger partial charge in [-0.2, -0.15) is 0 Å². The van der Waals surface area contributed by atoms with Crippen molar-refractivity contribution in [2.75, 3.05) is 11.1 Å². The Balaban J connectivity index is 2.21. The van der Waals surface area contributed by atoms with E-state index in [1.807, 2.05) is 0 Å². The summed E-state index contributed by atoms with van der Waals surface area (Å²) in [6.07, 6.45) is -0.343. The van der Waals surface area contributed by atoms with Crippen molar-refractivity contribution in [3.8, 4) is 0 Å². The van der Waals surface area contributed by atoms with Gasteiger partial charge in [-0.3, -0.25) is 9.36 Å². The van der Waals surface area contributed by atoms with Gasteiger partial charge in [0, 0.05) is 31.0 Å². The zero-order valence-electron chi connectivity index (χ0n) is 11.6. The average Bonchev–Trinajstić information content (AvgIpc) is 2.73. The minimum atomic E-state index is -3.51. The van der Waals surface area contributed by atoms with Gasteiger partial charge in [-0.1, -0.05) is 6.58 Å². The van der Waals surface area contributed by atoms with Gasteiger partial charge in [0.15, 0.2) is 15.4 Å². The Morgan fingerprint density at radius 1 is 1.50 bits per heavy atom. The lowest BCUT2D eigenvalue weighted by atomic mass is 10.2. The number of aryl methyl sites for hydroxylation is 1. The molecular weight excluding hydrogens is 315 g/mol. The van der Waals surface area contributed by atoms with E-state index in [0.29, 0.717) is 0 Å². The number of amides is 1. The van der Waals surface area contributed by atoms with Crippen LogP contribution in [0, 0.1) is 5.82 Å². The molecule has 1 N–H and O–H groups in total. The molecule has 1 heterocycles. The van der Waals surface area contributed by atoms with Crippen LogP contribution in [-0.2, 0) is 21.7 Å². The van der Waals surface area contributed by atoms with E-state index in [1.54, 1.807) is 0 Å². The van der Waals surface area contributed by atoms with Crippen LogP contribution in [0.5, 0.6) is 0 Å². The van der Waals surface area contributed by atoms with Crippen LogP contribution in [0.25, 0.3) is 11.1 Å². The molecule has 0 aliphatic heterocycles. The molecule has 1 amide bonds.